The summed E-state index contributed by atoms with van der Waals surface area (Å²) in [4.78, 5) is 0. The highest BCUT2D eigenvalue weighted by molar-refractivity contribution is 6.74. The molecule has 0 spiro atoms. The van der Waals surface area contributed by atoms with Gasteiger partial charge in [0.2, 0.25) is 0 Å². The van der Waals surface area contributed by atoms with Crippen LogP contribution in [-0.2, 0) is 13.9 Å². The Balaban J connectivity index is 1.66. The largest absolute Gasteiger partial charge is 0.414 e. The molecule has 0 aromatic heterocycles. The van der Waals surface area contributed by atoms with E-state index in [9.17, 15) is 0 Å². The van der Waals surface area contributed by atoms with Crippen LogP contribution >= 0.6 is 0 Å². The molecular formula is C29H50O3Si. The Morgan fingerprint density at radius 1 is 1.06 bits per heavy atom. The van der Waals surface area contributed by atoms with Gasteiger partial charge in [-0.15, -0.1) is 0 Å². The summed E-state index contributed by atoms with van der Waals surface area (Å²) in [6, 6.07) is 0. The molecule has 0 unspecified atom stereocenters. The third-order valence-corrected chi connectivity index (χ3v) is 15.5. The zero-order valence-electron chi connectivity index (χ0n) is 22.9. The van der Waals surface area contributed by atoms with Gasteiger partial charge in [0.1, 0.15) is 6.79 Å². The van der Waals surface area contributed by atoms with Crippen LogP contribution in [0.2, 0.25) is 18.1 Å². The summed E-state index contributed by atoms with van der Waals surface area (Å²) in [6.45, 7) is 19.6. The normalized spacial score (nSPS) is 41.1. The first-order valence-electron chi connectivity index (χ1n) is 13.6. The van der Waals surface area contributed by atoms with Crippen LogP contribution in [0.15, 0.2) is 23.3 Å². The maximum atomic E-state index is 6.95. The molecule has 3 fully saturated rings. The number of methoxy groups -OCH3 is 1. The quantitative estimate of drug-likeness (QED) is 0.289. The molecule has 0 saturated heterocycles. The van der Waals surface area contributed by atoms with E-state index in [1.54, 1.807) is 18.3 Å². The lowest BCUT2D eigenvalue weighted by Gasteiger charge is -2.57. The van der Waals surface area contributed by atoms with E-state index in [2.05, 4.69) is 66.8 Å². The van der Waals surface area contributed by atoms with Crippen LogP contribution in [0.25, 0.3) is 0 Å². The zero-order chi connectivity index (χ0) is 24.2. The number of rotatable bonds is 6. The third kappa shape index (κ3) is 4.15. The molecular weight excluding hydrogens is 424 g/mol. The number of allylic oxidation sites excluding steroid dienone is 3. The number of hydrogen-bond donors (Lipinski definition) is 0. The van der Waals surface area contributed by atoms with Gasteiger partial charge in [-0.3, -0.25) is 0 Å². The molecule has 0 amide bonds. The summed E-state index contributed by atoms with van der Waals surface area (Å²) >= 11 is 0. The Morgan fingerprint density at radius 2 is 1.79 bits per heavy atom. The van der Waals surface area contributed by atoms with Gasteiger partial charge in [0.25, 0.3) is 0 Å². The average Bonchev–Trinajstić information content (AvgIpc) is 3.07. The van der Waals surface area contributed by atoms with Gasteiger partial charge >= 0.3 is 0 Å². The van der Waals surface area contributed by atoms with E-state index in [-0.39, 0.29) is 22.7 Å². The molecule has 3 saturated carbocycles. The van der Waals surface area contributed by atoms with Crippen LogP contribution in [0.5, 0.6) is 0 Å². The Morgan fingerprint density at radius 3 is 2.42 bits per heavy atom. The van der Waals surface area contributed by atoms with Crippen LogP contribution in [-0.4, -0.2) is 34.4 Å². The highest BCUT2D eigenvalue weighted by atomic mass is 28.4. The zero-order valence-corrected chi connectivity index (χ0v) is 23.9. The fourth-order valence-corrected chi connectivity index (χ4v) is 9.22. The Hall–Kier alpha value is -0.423. The first-order chi connectivity index (χ1) is 15.4. The van der Waals surface area contributed by atoms with E-state index in [1.807, 2.05) is 0 Å². The summed E-state index contributed by atoms with van der Waals surface area (Å²) in [5, 5.41) is 0.219. The molecule has 0 aromatic carbocycles. The van der Waals surface area contributed by atoms with Crippen molar-refractivity contribution in [3.63, 3.8) is 0 Å². The molecule has 4 heteroatoms. The second-order valence-corrected chi connectivity index (χ2v) is 18.2. The highest BCUT2D eigenvalue weighted by Crippen LogP contribution is 2.65. The van der Waals surface area contributed by atoms with Gasteiger partial charge in [0.15, 0.2) is 8.32 Å². The molecule has 7 atom stereocenters. The van der Waals surface area contributed by atoms with Crippen molar-refractivity contribution in [2.75, 3.05) is 13.9 Å². The van der Waals surface area contributed by atoms with Crippen molar-refractivity contribution < 1.29 is 13.9 Å². The van der Waals surface area contributed by atoms with Crippen molar-refractivity contribution in [3.8, 4) is 0 Å². The maximum absolute atomic E-state index is 6.95. The minimum atomic E-state index is -1.84. The van der Waals surface area contributed by atoms with Gasteiger partial charge in [-0.2, -0.15) is 0 Å². The van der Waals surface area contributed by atoms with Crippen molar-refractivity contribution in [2.24, 2.45) is 28.6 Å². The molecule has 0 heterocycles. The molecule has 0 bridgehead atoms. The third-order valence-electron chi connectivity index (χ3n) is 10.9. The van der Waals surface area contributed by atoms with Gasteiger partial charge in [-0.1, -0.05) is 71.3 Å². The number of ether oxygens (including phenoxy) is 2. The minimum absolute atomic E-state index is 0.0571. The smallest absolute Gasteiger partial charge is 0.192 e. The Kier molecular flexibility index (Phi) is 6.93. The summed E-state index contributed by atoms with van der Waals surface area (Å²) < 4.78 is 18.9. The van der Waals surface area contributed by atoms with Crippen LogP contribution < -0.4 is 0 Å². The van der Waals surface area contributed by atoms with Crippen LogP contribution in [0, 0.1) is 28.6 Å². The molecule has 0 aliphatic heterocycles. The Labute approximate surface area is 204 Å². The molecule has 4 aliphatic rings. The predicted molar refractivity (Wildman–Crippen MR) is 140 cm³/mol. The summed E-state index contributed by atoms with van der Waals surface area (Å²) in [5.41, 5.74) is 3.84. The lowest BCUT2D eigenvalue weighted by atomic mass is 9.49. The summed E-state index contributed by atoms with van der Waals surface area (Å²) in [5.74, 6) is 2.23. The van der Waals surface area contributed by atoms with Crippen molar-refractivity contribution >= 4 is 8.32 Å². The van der Waals surface area contributed by atoms with Crippen LogP contribution in [0.4, 0.5) is 0 Å². The van der Waals surface area contributed by atoms with Crippen LogP contribution in [0.1, 0.15) is 86.5 Å². The Bertz CT molecular complexity index is 793. The van der Waals surface area contributed by atoms with E-state index in [4.69, 9.17) is 13.9 Å². The molecule has 33 heavy (non-hydrogen) atoms. The summed E-state index contributed by atoms with van der Waals surface area (Å²) in [7, 11) is -0.0943. The van der Waals surface area contributed by atoms with E-state index >= 15 is 0 Å². The van der Waals surface area contributed by atoms with Gasteiger partial charge in [0.05, 0.1) is 12.2 Å². The number of hydrogen-bond acceptors (Lipinski definition) is 3. The van der Waals surface area contributed by atoms with Crippen molar-refractivity contribution in [1.29, 1.82) is 0 Å². The van der Waals surface area contributed by atoms with Gasteiger partial charge < -0.3 is 13.9 Å². The minimum Gasteiger partial charge on any atom is -0.414 e. The van der Waals surface area contributed by atoms with Gasteiger partial charge in [-0.25, -0.2) is 0 Å². The van der Waals surface area contributed by atoms with E-state index in [0.29, 0.717) is 18.1 Å². The van der Waals surface area contributed by atoms with Gasteiger partial charge in [-0.05, 0) is 79.8 Å². The lowest BCUT2D eigenvalue weighted by Crippen LogP contribution is -2.55. The predicted octanol–water partition coefficient (Wildman–Crippen LogP) is 7.88. The second-order valence-electron chi connectivity index (χ2n) is 13.5. The van der Waals surface area contributed by atoms with Crippen LogP contribution in [0.3, 0.4) is 0 Å². The fourth-order valence-electron chi connectivity index (χ4n) is 7.86. The molecule has 3 nitrogen and oxygen atoms in total. The van der Waals surface area contributed by atoms with Crippen molar-refractivity contribution in [1.82, 2.24) is 0 Å². The first-order valence-corrected chi connectivity index (χ1v) is 16.5. The van der Waals surface area contributed by atoms with Crippen molar-refractivity contribution in [2.45, 2.75) is 117 Å². The molecule has 0 aromatic rings. The van der Waals surface area contributed by atoms with Crippen molar-refractivity contribution in [3.05, 3.63) is 23.3 Å². The lowest BCUT2D eigenvalue weighted by molar-refractivity contribution is -0.143. The molecule has 0 N–H and O–H groups in total. The van der Waals surface area contributed by atoms with E-state index < -0.39 is 8.32 Å². The number of fused-ring (bicyclic) bond motifs is 5. The fraction of sp³-hybridized carbons (Fsp3) is 0.862. The molecule has 188 valence electrons. The van der Waals surface area contributed by atoms with Gasteiger partial charge in [0, 0.05) is 12.5 Å². The molecule has 0 radical (unpaired) electrons. The SMILES string of the molecule is CC[C@H]1CC[C@H]2C3=CC=C4C[C@@H](O[Si](C)(C)C(C)(C)C)C[C@H](OCOC)[C@]4(C)[C@H]3CC[C@]12C. The maximum Gasteiger partial charge on any atom is 0.192 e. The molecule has 4 rings (SSSR count). The van der Waals surface area contributed by atoms with E-state index in [0.717, 1.165) is 24.7 Å². The average molecular weight is 475 g/mol. The summed E-state index contributed by atoms with van der Waals surface area (Å²) in [6.07, 6.45) is 14.2. The first kappa shape index (κ1) is 25.7. The van der Waals surface area contributed by atoms with E-state index in [1.165, 1.54) is 32.1 Å². The molecule has 4 aliphatic carbocycles. The second kappa shape index (κ2) is 8.91. The highest BCUT2D eigenvalue weighted by Gasteiger charge is 2.59. The standard InChI is InChI=1S/C29H50O3Si/c1-10-20-12-14-24-23-13-11-21-17-22(32-33(8,9)27(2,3)4)18-26(31-19-30-7)29(21,6)25(23)15-16-28(20,24)5/h11,13,20,22,24-26H,10,12,14-19H2,1-9H3/t20-,22+,24-,25-,26-,28+,29-/m0/s1. The topological polar surface area (TPSA) is 27.7 Å². The monoisotopic (exact) mass is 474 g/mol.